The molecule has 0 aromatic carbocycles. The van der Waals surface area contributed by atoms with Gasteiger partial charge in [-0.05, 0) is 31.2 Å². The molecule has 3 heteroatoms. The fourth-order valence-electron chi connectivity index (χ4n) is 0.597. The molecular formula is C8H18N2S. The molecule has 2 nitrogen and oxygen atoms in total. The van der Waals surface area contributed by atoms with E-state index >= 15 is 0 Å². The normalized spacial score (nSPS) is 14.1. The van der Waals surface area contributed by atoms with E-state index in [-0.39, 0.29) is 0 Å². The van der Waals surface area contributed by atoms with E-state index in [0.717, 1.165) is 18.2 Å². The van der Waals surface area contributed by atoms with Gasteiger partial charge in [0.25, 0.3) is 0 Å². The molecule has 66 valence electrons. The molecule has 0 spiro atoms. The molecule has 0 aliphatic heterocycles. The van der Waals surface area contributed by atoms with Gasteiger partial charge in [-0.15, -0.1) is 4.52 Å². The lowest BCUT2D eigenvalue weighted by Crippen LogP contribution is -1.92. The smallest absolute Gasteiger partial charge is 0.0581 e. The van der Waals surface area contributed by atoms with Crippen LogP contribution >= 0.6 is 11.9 Å². The van der Waals surface area contributed by atoms with Gasteiger partial charge in [0.15, 0.2) is 0 Å². The van der Waals surface area contributed by atoms with Gasteiger partial charge in [0.2, 0.25) is 0 Å². The molecule has 0 aliphatic carbocycles. The zero-order chi connectivity index (χ0) is 8.53. The number of nitrogens with zero attached hydrogens (tertiary/aromatic N) is 2. The molecule has 0 rings (SSSR count). The molecule has 0 heterocycles. The summed E-state index contributed by atoms with van der Waals surface area (Å²) >= 11 is 1.58. The third-order valence-electron chi connectivity index (χ3n) is 1.66. The van der Waals surface area contributed by atoms with Crippen LogP contribution in [-0.2, 0) is 0 Å². The second-order valence-electron chi connectivity index (χ2n) is 2.67. The Morgan fingerprint density at radius 3 is 2.64 bits per heavy atom. The van der Waals surface area contributed by atoms with Crippen molar-refractivity contribution in [1.82, 2.24) is 0 Å². The first-order valence-corrected chi connectivity index (χ1v) is 5.24. The molecule has 0 aromatic heterocycles. The van der Waals surface area contributed by atoms with Gasteiger partial charge in [-0.25, -0.2) is 0 Å². The van der Waals surface area contributed by atoms with Crippen LogP contribution in [0.5, 0.6) is 0 Å². The first-order valence-electron chi connectivity index (χ1n) is 4.30. The van der Waals surface area contributed by atoms with Gasteiger partial charge in [-0.2, -0.15) is 5.11 Å². The van der Waals surface area contributed by atoms with Crippen LogP contribution in [0.2, 0.25) is 0 Å². The van der Waals surface area contributed by atoms with Crippen molar-refractivity contribution in [3.05, 3.63) is 0 Å². The Morgan fingerprint density at radius 2 is 2.09 bits per heavy atom. The summed E-state index contributed by atoms with van der Waals surface area (Å²) in [6.45, 7) is 7.30. The minimum Gasteiger partial charge on any atom is -0.182 e. The van der Waals surface area contributed by atoms with E-state index in [1.54, 1.807) is 11.9 Å². The van der Waals surface area contributed by atoms with Gasteiger partial charge in [-0.3, -0.25) is 0 Å². The maximum absolute atomic E-state index is 3.94. The number of hydrogen-bond acceptors (Lipinski definition) is 3. The molecule has 0 bridgehead atoms. The maximum atomic E-state index is 3.94. The molecule has 0 amide bonds. The summed E-state index contributed by atoms with van der Waals surface area (Å²) in [7, 11) is 0. The predicted octanol–water partition coefficient (Wildman–Crippen LogP) is 3.54. The van der Waals surface area contributed by atoms with Crippen molar-refractivity contribution >= 4 is 11.9 Å². The zero-order valence-corrected chi connectivity index (χ0v) is 8.52. The molecule has 0 saturated heterocycles. The first-order chi connectivity index (χ1) is 5.31. The van der Waals surface area contributed by atoms with E-state index in [9.17, 15) is 0 Å². The van der Waals surface area contributed by atoms with Crippen molar-refractivity contribution in [2.24, 2.45) is 15.6 Å². The van der Waals surface area contributed by atoms with Gasteiger partial charge in [0, 0.05) is 5.75 Å². The largest absolute Gasteiger partial charge is 0.182 e. The quantitative estimate of drug-likeness (QED) is 0.343. The number of hydrogen-bond donors (Lipinski definition) is 0. The van der Waals surface area contributed by atoms with Crippen LogP contribution in [0.1, 0.15) is 33.6 Å². The zero-order valence-electron chi connectivity index (χ0n) is 7.71. The van der Waals surface area contributed by atoms with Crippen molar-refractivity contribution in [1.29, 1.82) is 0 Å². The second kappa shape index (κ2) is 8.05. The fourth-order valence-corrected chi connectivity index (χ4v) is 1.38. The minimum atomic E-state index is 0.802. The van der Waals surface area contributed by atoms with Crippen molar-refractivity contribution in [2.75, 3.05) is 12.3 Å². The summed E-state index contributed by atoms with van der Waals surface area (Å²) in [6, 6.07) is 0. The maximum Gasteiger partial charge on any atom is 0.0581 e. The Kier molecular flexibility index (Phi) is 8.01. The van der Waals surface area contributed by atoms with Gasteiger partial charge in [0.05, 0.1) is 6.54 Å². The Balaban J connectivity index is 3.07. The average molecular weight is 174 g/mol. The molecule has 0 fully saturated rings. The Hall–Kier alpha value is -0.0500. The van der Waals surface area contributed by atoms with Gasteiger partial charge >= 0.3 is 0 Å². The lowest BCUT2D eigenvalue weighted by Gasteiger charge is -2.03. The van der Waals surface area contributed by atoms with Crippen molar-refractivity contribution in [3.8, 4) is 0 Å². The molecule has 0 aromatic rings. The lowest BCUT2D eigenvalue weighted by atomic mass is 10.1. The van der Waals surface area contributed by atoms with Crippen LogP contribution < -0.4 is 0 Å². The molecular weight excluding hydrogens is 156 g/mol. The summed E-state index contributed by atoms with van der Waals surface area (Å²) in [4.78, 5) is 0. The number of rotatable bonds is 6. The highest BCUT2D eigenvalue weighted by atomic mass is 32.2. The van der Waals surface area contributed by atoms with Gasteiger partial charge < -0.3 is 0 Å². The van der Waals surface area contributed by atoms with Gasteiger partial charge in [-0.1, -0.05) is 20.3 Å². The van der Waals surface area contributed by atoms with E-state index in [1.807, 2.05) is 6.92 Å². The molecule has 0 radical (unpaired) electrons. The lowest BCUT2D eigenvalue weighted by molar-refractivity contribution is 0.549. The fraction of sp³-hybridized carbons (Fsp3) is 1.00. The standard InChI is InChI=1S/C8H18N2S/c1-4-8(3)6-7-11-10-9-5-2/h8H,4-7H2,1-3H3/t8-/m0/s1. The molecule has 0 aliphatic rings. The molecule has 0 unspecified atom stereocenters. The molecule has 0 saturated carbocycles. The van der Waals surface area contributed by atoms with Gasteiger partial charge in [0.1, 0.15) is 0 Å². The summed E-state index contributed by atoms with van der Waals surface area (Å²) < 4.78 is 3.94. The van der Waals surface area contributed by atoms with Crippen LogP contribution in [0.3, 0.4) is 0 Å². The third-order valence-corrected chi connectivity index (χ3v) is 2.30. The van der Waals surface area contributed by atoms with E-state index in [1.165, 1.54) is 12.8 Å². The molecule has 11 heavy (non-hydrogen) atoms. The van der Waals surface area contributed by atoms with E-state index in [4.69, 9.17) is 0 Å². The summed E-state index contributed by atoms with van der Waals surface area (Å²) in [6.07, 6.45) is 2.52. The minimum absolute atomic E-state index is 0.802. The Labute approximate surface area is 74.0 Å². The van der Waals surface area contributed by atoms with E-state index in [2.05, 4.69) is 23.5 Å². The van der Waals surface area contributed by atoms with Crippen LogP contribution in [0, 0.1) is 5.92 Å². The van der Waals surface area contributed by atoms with Crippen LogP contribution in [0.4, 0.5) is 0 Å². The monoisotopic (exact) mass is 174 g/mol. The molecule has 0 N–H and O–H groups in total. The average Bonchev–Trinajstić information content (AvgIpc) is 2.04. The van der Waals surface area contributed by atoms with Crippen molar-refractivity contribution in [2.45, 2.75) is 33.6 Å². The highest BCUT2D eigenvalue weighted by Gasteiger charge is 1.96. The predicted molar refractivity (Wildman–Crippen MR) is 51.9 cm³/mol. The highest BCUT2D eigenvalue weighted by Crippen LogP contribution is 2.12. The van der Waals surface area contributed by atoms with Crippen LogP contribution in [0.25, 0.3) is 0 Å². The van der Waals surface area contributed by atoms with Crippen molar-refractivity contribution < 1.29 is 0 Å². The highest BCUT2D eigenvalue weighted by molar-refractivity contribution is 7.97. The van der Waals surface area contributed by atoms with E-state index < -0.39 is 0 Å². The van der Waals surface area contributed by atoms with Crippen LogP contribution in [-0.4, -0.2) is 12.3 Å². The van der Waals surface area contributed by atoms with E-state index in [0.29, 0.717) is 0 Å². The molecule has 1 atom stereocenters. The Morgan fingerprint density at radius 1 is 1.36 bits per heavy atom. The first kappa shape index (κ1) is 11.0. The summed E-state index contributed by atoms with van der Waals surface area (Å²) in [5, 5.41) is 3.88. The topological polar surface area (TPSA) is 24.7 Å². The third kappa shape index (κ3) is 7.85. The second-order valence-corrected chi connectivity index (χ2v) is 3.50. The van der Waals surface area contributed by atoms with Crippen molar-refractivity contribution in [3.63, 3.8) is 0 Å². The SMILES string of the molecule is CCN=NSCC[C@@H](C)CC. The van der Waals surface area contributed by atoms with Crippen LogP contribution in [0.15, 0.2) is 9.63 Å². The Bertz CT molecular complexity index is 104. The summed E-state index contributed by atoms with van der Waals surface area (Å²) in [5.74, 6) is 1.94. The summed E-state index contributed by atoms with van der Waals surface area (Å²) in [5.41, 5.74) is 0.